The highest BCUT2D eigenvalue weighted by Crippen LogP contribution is 2.40. The van der Waals surface area contributed by atoms with Crippen LogP contribution in [0.3, 0.4) is 0 Å². The summed E-state index contributed by atoms with van der Waals surface area (Å²) in [5.74, 6) is 0.669. The standard InChI is InChI=1S/C58H36N4/c1-3-12-37(13-4-1)38-21-23-39(24-22-38)54-36-55(62-58(61-54)42-14-5-2-6-15-42)46-33-44(32-45(34-46)53-30-28-41-26-25-40-16-11-31-59-56(40)57(41)60-53)43-27-29-51-49-19-8-7-17-47(49)48-18-9-10-20-50(48)52(51)35-43/h1-36H. The maximum absolute atomic E-state index is 5.34. The van der Waals surface area contributed by atoms with Crippen molar-refractivity contribution in [3.63, 3.8) is 0 Å². The molecule has 12 aromatic rings. The first-order valence-electron chi connectivity index (χ1n) is 20.9. The molecule has 0 fully saturated rings. The lowest BCUT2D eigenvalue weighted by molar-refractivity contribution is 1.18. The van der Waals surface area contributed by atoms with Gasteiger partial charge in [-0.2, -0.15) is 0 Å². The summed E-state index contributed by atoms with van der Waals surface area (Å²) in [5, 5.41) is 9.58. The average Bonchev–Trinajstić information content (AvgIpc) is 3.36. The molecule has 0 N–H and O–H groups in total. The normalized spacial score (nSPS) is 11.5. The molecule has 4 nitrogen and oxygen atoms in total. The minimum Gasteiger partial charge on any atom is -0.254 e. The Balaban J connectivity index is 1.09. The van der Waals surface area contributed by atoms with E-state index in [1.54, 1.807) is 0 Å². The Morgan fingerprint density at radius 3 is 1.44 bits per heavy atom. The number of pyridine rings is 2. The summed E-state index contributed by atoms with van der Waals surface area (Å²) in [4.78, 5) is 20.6. The first-order valence-corrected chi connectivity index (χ1v) is 20.9. The topological polar surface area (TPSA) is 51.6 Å². The van der Waals surface area contributed by atoms with Gasteiger partial charge in [-0.25, -0.2) is 15.0 Å². The molecule has 0 atom stereocenters. The van der Waals surface area contributed by atoms with E-state index in [-0.39, 0.29) is 0 Å². The van der Waals surface area contributed by atoms with Crippen LogP contribution in [0.15, 0.2) is 219 Å². The summed E-state index contributed by atoms with van der Waals surface area (Å²) < 4.78 is 0. The molecule has 0 radical (unpaired) electrons. The summed E-state index contributed by atoms with van der Waals surface area (Å²) in [6, 6.07) is 75.2. The fraction of sp³-hybridized carbons (Fsp3) is 0. The smallest absolute Gasteiger partial charge is 0.160 e. The second kappa shape index (κ2) is 14.7. The van der Waals surface area contributed by atoms with Crippen molar-refractivity contribution in [3.8, 4) is 67.4 Å². The van der Waals surface area contributed by atoms with Gasteiger partial charge in [-0.15, -0.1) is 0 Å². The molecule has 9 aromatic carbocycles. The first kappa shape index (κ1) is 35.6. The maximum atomic E-state index is 5.34. The highest BCUT2D eigenvalue weighted by Gasteiger charge is 2.17. The van der Waals surface area contributed by atoms with E-state index in [2.05, 4.69) is 182 Å². The largest absolute Gasteiger partial charge is 0.254 e. The number of fused-ring (bicyclic) bond motifs is 9. The molecule has 0 unspecified atom stereocenters. The van der Waals surface area contributed by atoms with Crippen molar-refractivity contribution in [2.45, 2.75) is 0 Å². The van der Waals surface area contributed by atoms with Crippen LogP contribution in [0.1, 0.15) is 0 Å². The number of aromatic nitrogens is 4. The van der Waals surface area contributed by atoms with Crippen molar-refractivity contribution in [1.29, 1.82) is 0 Å². The summed E-state index contributed by atoms with van der Waals surface area (Å²) in [5.41, 5.74) is 12.8. The molecule has 0 spiro atoms. The van der Waals surface area contributed by atoms with Crippen molar-refractivity contribution >= 4 is 54.1 Å². The van der Waals surface area contributed by atoms with Crippen molar-refractivity contribution in [3.05, 3.63) is 219 Å². The first-order chi connectivity index (χ1) is 30.7. The average molecular weight is 789 g/mol. The van der Waals surface area contributed by atoms with E-state index in [1.807, 2.05) is 36.5 Å². The number of hydrogen-bond acceptors (Lipinski definition) is 4. The van der Waals surface area contributed by atoms with Gasteiger partial charge in [-0.3, -0.25) is 4.98 Å². The molecular weight excluding hydrogens is 753 g/mol. The van der Waals surface area contributed by atoms with E-state index in [4.69, 9.17) is 19.9 Å². The molecule has 288 valence electrons. The van der Waals surface area contributed by atoms with Crippen LogP contribution >= 0.6 is 0 Å². The van der Waals surface area contributed by atoms with Crippen LogP contribution in [0.2, 0.25) is 0 Å². The van der Waals surface area contributed by atoms with E-state index in [9.17, 15) is 0 Å². The third-order valence-electron chi connectivity index (χ3n) is 12.1. The molecule has 0 aliphatic heterocycles. The van der Waals surface area contributed by atoms with Gasteiger partial charge in [0.25, 0.3) is 0 Å². The Labute approximate surface area is 358 Å². The van der Waals surface area contributed by atoms with Crippen LogP contribution in [0.5, 0.6) is 0 Å². The zero-order valence-electron chi connectivity index (χ0n) is 33.6. The lowest BCUT2D eigenvalue weighted by Crippen LogP contribution is -1.97. The number of benzene rings is 9. The molecule has 0 saturated heterocycles. The van der Waals surface area contributed by atoms with Crippen LogP contribution in [0.4, 0.5) is 0 Å². The van der Waals surface area contributed by atoms with Crippen molar-refractivity contribution < 1.29 is 0 Å². The number of rotatable bonds is 6. The zero-order chi connectivity index (χ0) is 41.0. The van der Waals surface area contributed by atoms with E-state index in [0.29, 0.717) is 5.82 Å². The fourth-order valence-electron chi connectivity index (χ4n) is 8.99. The van der Waals surface area contributed by atoms with Gasteiger partial charge < -0.3 is 0 Å². The molecule has 0 aliphatic rings. The minimum atomic E-state index is 0.669. The van der Waals surface area contributed by atoms with E-state index >= 15 is 0 Å². The van der Waals surface area contributed by atoms with Gasteiger partial charge in [0.05, 0.1) is 28.1 Å². The summed E-state index contributed by atoms with van der Waals surface area (Å²) in [6.07, 6.45) is 1.84. The van der Waals surface area contributed by atoms with E-state index in [1.165, 1.54) is 37.9 Å². The lowest BCUT2D eigenvalue weighted by atomic mass is 9.90. The SMILES string of the molecule is c1ccc(-c2ccc(-c3cc(-c4cc(-c5ccc6c7ccccc7c7ccccc7c6c5)cc(-c5ccc6ccc7cccnc7c6n5)c4)nc(-c4ccccc4)n3)cc2)cc1. The van der Waals surface area contributed by atoms with Gasteiger partial charge >= 0.3 is 0 Å². The molecule has 0 amide bonds. The molecule has 0 saturated carbocycles. The van der Waals surface area contributed by atoms with E-state index in [0.717, 1.165) is 77.8 Å². The molecular formula is C58H36N4. The van der Waals surface area contributed by atoms with Gasteiger partial charge in [0.1, 0.15) is 0 Å². The molecule has 62 heavy (non-hydrogen) atoms. The second-order valence-corrected chi connectivity index (χ2v) is 15.8. The molecule has 3 heterocycles. The van der Waals surface area contributed by atoms with Crippen molar-refractivity contribution in [2.75, 3.05) is 0 Å². The molecule has 4 heteroatoms. The molecule has 12 rings (SSSR count). The number of nitrogens with zero attached hydrogens (tertiary/aromatic N) is 4. The molecule has 0 bridgehead atoms. The van der Waals surface area contributed by atoms with Crippen LogP contribution in [-0.2, 0) is 0 Å². The van der Waals surface area contributed by atoms with Gasteiger partial charge in [-0.1, -0.05) is 170 Å². The van der Waals surface area contributed by atoms with Gasteiger partial charge in [0, 0.05) is 39.2 Å². The highest BCUT2D eigenvalue weighted by atomic mass is 14.9. The Hall–Kier alpha value is -8.34. The third kappa shape index (κ3) is 6.25. The zero-order valence-corrected chi connectivity index (χ0v) is 33.6. The van der Waals surface area contributed by atoms with E-state index < -0.39 is 0 Å². The van der Waals surface area contributed by atoms with Gasteiger partial charge in [0.2, 0.25) is 0 Å². The van der Waals surface area contributed by atoms with Crippen molar-refractivity contribution in [1.82, 2.24) is 19.9 Å². The van der Waals surface area contributed by atoms with Gasteiger partial charge in [-0.05, 0) is 97.0 Å². The fourth-order valence-corrected chi connectivity index (χ4v) is 8.99. The second-order valence-electron chi connectivity index (χ2n) is 15.8. The molecule has 0 aliphatic carbocycles. The molecule has 3 aromatic heterocycles. The Morgan fingerprint density at radius 2 is 0.742 bits per heavy atom. The van der Waals surface area contributed by atoms with Crippen LogP contribution in [0, 0.1) is 0 Å². The lowest BCUT2D eigenvalue weighted by Gasteiger charge is -2.15. The third-order valence-corrected chi connectivity index (χ3v) is 12.1. The minimum absolute atomic E-state index is 0.669. The van der Waals surface area contributed by atoms with Crippen LogP contribution < -0.4 is 0 Å². The summed E-state index contributed by atoms with van der Waals surface area (Å²) in [7, 11) is 0. The Bertz CT molecular complexity index is 3640. The maximum Gasteiger partial charge on any atom is 0.160 e. The van der Waals surface area contributed by atoms with Crippen LogP contribution in [-0.4, -0.2) is 19.9 Å². The predicted octanol–water partition coefficient (Wildman–Crippen LogP) is 15.0. The Kier molecular flexibility index (Phi) is 8.46. The summed E-state index contributed by atoms with van der Waals surface area (Å²) >= 11 is 0. The number of hydrogen-bond donors (Lipinski definition) is 0. The van der Waals surface area contributed by atoms with Crippen LogP contribution in [0.25, 0.3) is 122 Å². The van der Waals surface area contributed by atoms with Gasteiger partial charge in [0.15, 0.2) is 5.82 Å². The predicted molar refractivity (Wildman–Crippen MR) is 258 cm³/mol. The quantitative estimate of drug-likeness (QED) is 0.158. The monoisotopic (exact) mass is 788 g/mol. The highest BCUT2D eigenvalue weighted by molar-refractivity contribution is 6.25. The Morgan fingerprint density at radius 1 is 0.242 bits per heavy atom. The van der Waals surface area contributed by atoms with Crippen molar-refractivity contribution in [2.24, 2.45) is 0 Å². The summed E-state index contributed by atoms with van der Waals surface area (Å²) in [6.45, 7) is 0.